The Kier molecular flexibility index (Phi) is 7.97. The monoisotopic (exact) mass is 464 g/mol. The lowest BCUT2D eigenvalue weighted by atomic mass is 9.83. The molecule has 0 bridgehead atoms. The quantitative estimate of drug-likeness (QED) is 0.207. The fourth-order valence-corrected chi connectivity index (χ4v) is 3.57. The van der Waals surface area contributed by atoms with Gasteiger partial charge in [0, 0.05) is 12.5 Å². The van der Waals surface area contributed by atoms with Gasteiger partial charge in [0.15, 0.2) is 18.0 Å². The first kappa shape index (κ1) is 26.0. The Labute approximate surface area is 191 Å². The van der Waals surface area contributed by atoms with Gasteiger partial charge in [-0.1, -0.05) is 18.2 Å². The van der Waals surface area contributed by atoms with Gasteiger partial charge >= 0.3 is 23.9 Å². The minimum Gasteiger partial charge on any atom is -0.466 e. The second kappa shape index (κ2) is 10.1. The maximum atomic E-state index is 12.8. The van der Waals surface area contributed by atoms with Crippen molar-refractivity contribution < 1.29 is 48.0 Å². The molecule has 0 saturated carbocycles. The van der Waals surface area contributed by atoms with Crippen molar-refractivity contribution in [2.24, 2.45) is 5.92 Å². The molecule has 5 atom stereocenters. The molecule has 1 heterocycles. The average molecular weight is 464 g/mol. The third-order valence-electron chi connectivity index (χ3n) is 5.61. The van der Waals surface area contributed by atoms with Crippen molar-refractivity contribution in [2.45, 2.75) is 64.4 Å². The Balaban J connectivity index is 2.73. The molecule has 0 aromatic heterocycles. The van der Waals surface area contributed by atoms with Crippen LogP contribution in [0.15, 0.2) is 35.5 Å². The first-order chi connectivity index (χ1) is 15.3. The van der Waals surface area contributed by atoms with Gasteiger partial charge in [-0.2, -0.15) is 0 Å². The summed E-state index contributed by atoms with van der Waals surface area (Å²) in [5.41, 5.74) is -1.93. The van der Waals surface area contributed by atoms with Gasteiger partial charge in [0.1, 0.15) is 6.10 Å². The van der Waals surface area contributed by atoms with Crippen molar-refractivity contribution in [1.82, 2.24) is 0 Å². The summed E-state index contributed by atoms with van der Waals surface area (Å²) in [6, 6.07) is 0. The zero-order chi connectivity index (χ0) is 25.1. The Morgan fingerprint density at radius 3 is 2.39 bits per heavy atom. The van der Waals surface area contributed by atoms with Crippen molar-refractivity contribution in [2.75, 3.05) is 7.11 Å². The highest BCUT2D eigenvalue weighted by molar-refractivity contribution is 6.05. The lowest BCUT2D eigenvalue weighted by molar-refractivity contribution is -0.185. The molecule has 2 aliphatic rings. The molecule has 0 aromatic carbocycles. The molecule has 1 aliphatic heterocycles. The zero-order valence-electron chi connectivity index (χ0n) is 19.2. The number of hydrogen-bond donors (Lipinski definition) is 1. The second-order valence-electron chi connectivity index (χ2n) is 8.15. The summed E-state index contributed by atoms with van der Waals surface area (Å²) in [5, 5.41) is 10.3. The van der Waals surface area contributed by atoms with Crippen LogP contribution in [0.3, 0.4) is 0 Å². The second-order valence-corrected chi connectivity index (χ2v) is 8.15. The molecule has 0 amide bonds. The van der Waals surface area contributed by atoms with E-state index in [9.17, 15) is 29.1 Å². The first-order valence-electron chi connectivity index (χ1n) is 10.3. The third kappa shape index (κ3) is 5.57. The Bertz CT molecular complexity index is 939. The van der Waals surface area contributed by atoms with Crippen LogP contribution in [0.5, 0.6) is 0 Å². The number of carbonyl (C=O) groups is 5. The van der Waals surface area contributed by atoms with Gasteiger partial charge in [-0.15, -0.1) is 0 Å². The van der Waals surface area contributed by atoms with Crippen LogP contribution in [0.4, 0.5) is 0 Å². The molecule has 2 rings (SSSR count). The summed E-state index contributed by atoms with van der Waals surface area (Å²) in [4.78, 5) is 61.6. The molecule has 1 aliphatic carbocycles. The van der Waals surface area contributed by atoms with E-state index in [4.69, 9.17) is 18.9 Å². The number of carbonyl (C=O) groups excluding carboxylic acids is 5. The van der Waals surface area contributed by atoms with Crippen LogP contribution in [0.2, 0.25) is 0 Å². The standard InChI is InChI=1S/C23H28O10/c1-11-8-7-9-15(21(27)30-6)18(31-14(4)25)19(33-22(28)23(5,29)13(3)24)17-12(2)20(26)32-16(17)10-11/h9-10,16-19,29H,2,7-8H2,1,3-6H3/b11-10-,15-9+/t16-,17+,18+,19+,23+/m1/s1. The highest BCUT2D eigenvalue weighted by atomic mass is 16.6. The number of Topliss-reactive ketones (excluding diaryl/α,β-unsaturated/α-hetero) is 1. The largest absolute Gasteiger partial charge is 0.466 e. The Morgan fingerprint density at radius 1 is 1.21 bits per heavy atom. The summed E-state index contributed by atoms with van der Waals surface area (Å²) >= 11 is 0. The summed E-state index contributed by atoms with van der Waals surface area (Å²) in [6.45, 7) is 8.55. The van der Waals surface area contributed by atoms with E-state index in [1.54, 1.807) is 13.0 Å². The zero-order valence-corrected chi connectivity index (χ0v) is 19.2. The minimum absolute atomic E-state index is 0.0914. The Morgan fingerprint density at radius 2 is 1.85 bits per heavy atom. The van der Waals surface area contributed by atoms with Crippen LogP contribution in [0, 0.1) is 5.92 Å². The minimum atomic E-state index is -2.53. The molecule has 0 aromatic rings. The van der Waals surface area contributed by atoms with Gasteiger partial charge in [-0.25, -0.2) is 14.4 Å². The van der Waals surface area contributed by atoms with Crippen LogP contribution in [-0.2, 0) is 42.9 Å². The van der Waals surface area contributed by atoms with Crippen LogP contribution < -0.4 is 0 Å². The maximum absolute atomic E-state index is 12.8. The molecule has 1 N–H and O–H groups in total. The molecule has 10 heteroatoms. The molecule has 0 unspecified atom stereocenters. The van der Waals surface area contributed by atoms with E-state index >= 15 is 0 Å². The Hall–Kier alpha value is -3.27. The van der Waals surface area contributed by atoms with E-state index in [0.29, 0.717) is 12.8 Å². The van der Waals surface area contributed by atoms with E-state index in [1.807, 2.05) is 0 Å². The molecule has 33 heavy (non-hydrogen) atoms. The first-order valence-corrected chi connectivity index (χ1v) is 10.3. The number of allylic oxidation sites excluding steroid dienone is 2. The van der Waals surface area contributed by atoms with E-state index in [0.717, 1.165) is 33.5 Å². The normalized spacial score (nSPS) is 30.2. The number of aliphatic hydroxyl groups is 1. The lowest BCUT2D eigenvalue weighted by Crippen LogP contribution is -2.51. The fourth-order valence-electron chi connectivity index (χ4n) is 3.57. The molecule has 1 saturated heterocycles. The number of fused-ring (bicyclic) bond motifs is 1. The molecule has 0 radical (unpaired) electrons. The summed E-state index contributed by atoms with van der Waals surface area (Å²) in [6.07, 6.45) is -0.0725. The molecule has 0 spiro atoms. The SMILES string of the molecule is C=C1C(=O)O[C@@H]2/C=C(/C)CC/C=C(/C(=O)OC)[C@H](OC(C)=O)[C@@H](OC(=O)[C@@](C)(O)C(C)=O)[C@@H]12. The number of hydrogen-bond acceptors (Lipinski definition) is 10. The number of esters is 4. The predicted molar refractivity (Wildman–Crippen MR) is 112 cm³/mol. The van der Waals surface area contributed by atoms with Gasteiger partial charge in [0.05, 0.1) is 18.6 Å². The van der Waals surface area contributed by atoms with Crippen molar-refractivity contribution in [1.29, 1.82) is 0 Å². The van der Waals surface area contributed by atoms with Gasteiger partial charge < -0.3 is 24.1 Å². The van der Waals surface area contributed by atoms with Gasteiger partial charge in [-0.3, -0.25) is 9.59 Å². The van der Waals surface area contributed by atoms with E-state index < -0.39 is 59.5 Å². The topological polar surface area (TPSA) is 143 Å². The van der Waals surface area contributed by atoms with E-state index in [1.165, 1.54) is 6.08 Å². The van der Waals surface area contributed by atoms with Crippen LogP contribution in [0.1, 0.15) is 40.5 Å². The van der Waals surface area contributed by atoms with Crippen LogP contribution in [-0.4, -0.2) is 65.8 Å². The fraction of sp³-hybridized carbons (Fsp3) is 0.522. The number of rotatable bonds is 5. The van der Waals surface area contributed by atoms with Crippen molar-refractivity contribution in [3.8, 4) is 0 Å². The number of ether oxygens (including phenoxy) is 4. The maximum Gasteiger partial charge on any atom is 0.346 e. The van der Waals surface area contributed by atoms with Crippen molar-refractivity contribution in [3.63, 3.8) is 0 Å². The van der Waals surface area contributed by atoms with E-state index in [-0.39, 0.29) is 11.1 Å². The summed E-state index contributed by atoms with van der Waals surface area (Å²) < 4.78 is 21.1. The van der Waals surface area contributed by atoms with Crippen molar-refractivity contribution >= 4 is 29.7 Å². The van der Waals surface area contributed by atoms with Crippen LogP contribution >= 0.6 is 0 Å². The van der Waals surface area contributed by atoms with E-state index in [2.05, 4.69) is 6.58 Å². The highest BCUT2D eigenvalue weighted by Gasteiger charge is 2.52. The average Bonchev–Trinajstić information content (AvgIpc) is 2.99. The summed E-state index contributed by atoms with van der Waals surface area (Å²) in [7, 11) is 1.13. The van der Waals surface area contributed by atoms with Gasteiger partial charge in [-0.05, 0) is 39.7 Å². The molecule has 1 fully saturated rings. The molecular formula is C23H28O10. The number of methoxy groups -OCH3 is 1. The predicted octanol–water partition coefficient (Wildman–Crippen LogP) is 1.11. The van der Waals surface area contributed by atoms with Gasteiger partial charge in [0.2, 0.25) is 5.60 Å². The van der Waals surface area contributed by atoms with Crippen LogP contribution in [0.25, 0.3) is 0 Å². The molecular weight excluding hydrogens is 436 g/mol. The highest BCUT2D eigenvalue weighted by Crippen LogP contribution is 2.38. The molecule has 180 valence electrons. The third-order valence-corrected chi connectivity index (χ3v) is 5.61. The number of ketones is 1. The van der Waals surface area contributed by atoms with Gasteiger partial charge in [0.25, 0.3) is 0 Å². The lowest BCUT2D eigenvalue weighted by Gasteiger charge is -2.34. The molecule has 10 nitrogen and oxygen atoms in total. The van der Waals surface area contributed by atoms with Crippen molar-refractivity contribution in [3.05, 3.63) is 35.5 Å². The smallest absolute Gasteiger partial charge is 0.346 e. The summed E-state index contributed by atoms with van der Waals surface area (Å²) in [5.74, 6) is -5.77.